The number of unbranched alkanes of at least 4 members (excludes halogenated alkanes) is 4. The van der Waals surface area contributed by atoms with Crippen LogP contribution in [0.5, 0.6) is 0 Å². The predicted octanol–water partition coefficient (Wildman–Crippen LogP) is 5.74. The first-order valence-electron chi connectivity index (χ1n) is 9.90. The molecule has 2 rings (SSSR count). The highest BCUT2D eigenvalue weighted by Crippen LogP contribution is 2.54. The number of hydrogen-bond acceptors (Lipinski definition) is 2. The topological polar surface area (TPSA) is 26.3 Å². The van der Waals surface area contributed by atoms with Gasteiger partial charge in [0.05, 0.1) is 6.61 Å². The summed E-state index contributed by atoms with van der Waals surface area (Å²) in [5.41, 5.74) is 0. The van der Waals surface area contributed by atoms with Crippen LogP contribution in [0.25, 0.3) is 0 Å². The van der Waals surface area contributed by atoms with Gasteiger partial charge in [-0.15, -0.1) is 0 Å². The summed E-state index contributed by atoms with van der Waals surface area (Å²) in [5.74, 6) is 3.94. The van der Waals surface area contributed by atoms with E-state index in [1.165, 1.54) is 44.9 Å². The van der Waals surface area contributed by atoms with E-state index in [-0.39, 0.29) is 5.97 Å². The fourth-order valence-corrected chi connectivity index (χ4v) is 3.87. The van der Waals surface area contributed by atoms with Gasteiger partial charge in [0, 0.05) is 6.42 Å². The Bertz CT molecular complexity index is 326. The molecule has 0 N–H and O–H groups in total. The van der Waals surface area contributed by atoms with E-state index in [9.17, 15) is 4.79 Å². The van der Waals surface area contributed by atoms with Crippen LogP contribution < -0.4 is 0 Å². The van der Waals surface area contributed by atoms with Crippen molar-refractivity contribution < 1.29 is 9.53 Å². The largest absolute Gasteiger partial charge is 0.466 e. The van der Waals surface area contributed by atoms with Crippen molar-refractivity contribution in [3.63, 3.8) is 0 Å². The Labute approximate surface area is 137 Å². The van der Waals surface area contributed by atoms with Crippen LogP contribution in [-0.2, 0) is 9.53 Å². The van der Waals surface area contributed by atoms with E-state index >= 15 is 0 Å². The molecule has 0 spiro atoms. The summed E-state index contributed by atoms with van der Waals surface area (Å²) in [6.07, 6.45) is 15.1. The highest BCUT2D eigenvalue weighted by Gasteiger charge is 2.44. The van der Waals surface area contributed by atoms with Gasteiger partial charge in [-0.25, -0.2) is 0 Å². The summed E-state index contributed by atoms with van der Waals surface area (Å²) in [6, 6.07) is 0. The molecule has 0 heterocycles. The zero-order valence-electron chi connectivity index (χ0n) is 14.8. The minimum Gasteiger partial charge on any atom is -0.466 e. The van der Waals surface area contributed by atoms with E-state index in [1.807, 2.05) is 0 Å². The molecule has 2 fully saturated rings. The second kappa shape index (κ2) is 9.57. The maximum Gasteiger partial charge on any atom is 0.305 e. The highest BCUT2D eigenvalue weighted by molar-refractivity contribution is 5.69. The van der Waals surface area contributed by atoms with Crippen LogP contribution in [0.15, 0.2) is 0 Å². The minimum atomic E-state index is 0.0174. The normalized spacial score (nSPS) is 29.4. The molecule has 2 aliphatic carbocycles. The van der Waals surface area contributed by atoms with Crippen LogP contribution in [0.1, 0.15) is 90.9 Å². The van der Waals surface area contributed by atoms with Crippen LogP contribution >= 0.6 is 0 Å². The molecular weight excluding hydrogens is 272 g/mol. The number of rotatable bonds is 13. The zero-order chi connectivity index (χ0) is 15.8. The fraction of sp³-hybridized carbons (Fsp3) is 0.950. The summed E-state index contributed by atoms with van der Waals surface area (Å²) in [4.78, 5) is 11.5. The molecule has 0 aromatic rings. The Hall–Kier alpha value is -0.530. The first-order valence-corrected chi connectivity index (χ1v) is 9.90. The van der Waals surface area contributed by atoms with Crippen molar-refractivity contribution in [2.75, 3.05) is 6.61 Å². The van der Waals surface area contributed by atoms with Crippen LogP contribution in [0.2, 0.25) is 0 Å². The average molecular weight is 309 g/mol. The summed E-state index contributed by atoms with van der Waals surface area (Å²) in [6.45, 7) is 5.11. The van der Waals surface area contributed by atoms with Gasteiger partial charge < -0.3 is 4.74 Å². The Morgan fingerprint density at radius 1 is 0.864 bits per heavy atom. The number of esters is 1. The molecule has 2 nitrogen and oxygen atoms in total. The molecule has 0 bridgehead atoms. The van der Waals surface area contributed by atoms with E-state index in [0.29, 0.717) is 13.0 Å². The van der Waals surface area contributed by atoms with Gasteiger partial charge in [-0.3, -0.25) is 4.79 Å². The lowest BCUT2D eigenvalue weighted by atomic mass is 10.1. The monoisotopic (exact) mass is 308 g/mol. The molecule has 0 saturated heterocycles. The SMILES string of the molecule is CCCCCC(=O)OCCC1CC1CC1CC1CCCCC. The quantitative estimate of drug-likeness (QED) is 0.320. The molecule has 0 amide bonds. The summed E-state index contributed by atoms with van der Waals surface area (Å²) in [5, 5.41) is 0. The van der Waals surface area contributed by atoms with Gasteiger partial charge in [0.15, 0.2) is 0 Å². The van der Waals surface area contributed by atoms with Crippen molar-refractivity contribution in [3.8, 4) is 0 Å². The van der Waals surface area contributed by atoms with E-state index in [2.05, 4.69) is 13.8 Å². The molecule has 2 heteroatoms. The molecule has 0 aromatic heterocycles. The lowest BCUT2D eigenvalue weighted by molar-refractivity contribution is -0.144. The third-order valence-corrected chi connectivity index (χ3v) is 5.66. The van der Waals surface area contributed by atoms with Crippen molar-refractivity contribution in [2.24, 2.45) is 23.7 Å². The second-order valence-corrected chi connectivity index (χ2v) is 7.71. The summed E-state index contributed by atoms with van der Waals surface area (Å²) >= 11 is 0. The van der Waals surface area contributed by atoms with E-state index in [4.69, 9.17) is 4.74 Å². The number of carbonyl (C=O) groups excluding carboxylic acids is 1. The van der Waals surface area contributed by atoms with Crippen LogP contribution in [0.4, 0.5) is 0 Å². The molecule has 4 unspecified atom stereocenters. The first kappa shape index (κ1) is 17.8. The van der Waals surface area contributed by atoms with Crippen LogP contribution in [-0.4, -0.2) is 12.6 Å². The zero-order valence-corrected chi connectivity index (χ0v) is 14.8. The van der Waals surface area contributed by atoms with Gasteiger partial charge in [-0.1, -0.05) is 52.4 Å². The fourth-order valence-electron chi connectivity index (χ4n) is 3.87. The molecule has 2 saturated carbocycles. The Morgan fingerprint density at radius 3 is 2.18 bits per heavy atom. The van der Waals surface area contributed by atoms with E-state index in [1.54, 1.807) is 0 Å². The van der Waals surface area contributed by atoms with Crippen LogP contribution in [0.3, 0.4) is 0 Å². The number of ether oxygens (including phenoxy) is 1. The minimum absolute atomic E-state index is 0.0174. The molecule has 0 aromatic carbocycles. The van der Waals surface area contributed by atoms with Crippen molar-refractivity contribution in [1.29, 1.82) is 0 Å². The Balaban J connectivity index is 1.42. The molecule has 2 aliphatic rings. The molecule has 4 atom stereocenters. The maximum atomic E-state index is 11.5. The summed E-state index contributed by atoms with van der Waals surface area (Å²) in [7, 11) is 0. The van der Waals surface area contributed by atoms with Crippen molar-refractivity contribution >= 4 is 5.97 Å². The van der Waals surface area contributed by atoms with Crippen molar-refractivity contribution in [1.82, 2.24) is 0 Å². The van der Waals surface area contributed by atoms with Crippen LogP contribution in [0, 0.1) is 23.7 Å². The van der Waals surface area contributed by atoms with Crippen molar-refractivity contribution in [2.45, 2.75) is 90.9 Å². The third-order valence-electron chi connectivity index (χ3n) is 5.66. The van der Waals surface area contributed by atoms with E-state index in [0.717, 1.165) is 49.4 Å². The number of carbonyl (C=O) groups is 1. The Morgan fingerprint density at radius 2 is 1.50 bits per heavy atom. The maximum absolute atomic E-state index is 11.5. The van der Waals surface area contributed by atoms with E-state index < -0.39 is 0 Å². The lowest BCUT2D eigenvalue weighted by Gasteiger charge is -2.04. The van der Waals surface area contributed by atoms with Gasteiger partial charge in [0.25, 0.3) is 0 Å². The highest BCUT2D eigenvalue weighted by atomic mass is 16.5. The standard InChI is InChI=1S/C20H36O2/c1-3-5-7-9-16-13-18(16)15-19-14-17(19)11-12-22-20(21)10-8-6-4-2/h16-19H,3-15H2,1-2H3. The molecular formula is C20H36O2. The molecule has 0 radical (unpaired) electrons. The van der Waals surface area contributed by atoms with Gasteiger partial charge in [0.2, 0.25) is 0 Å². The number of hydrogen-bond donors (Lipinski definition) is 0. The lowest BCUT2D eigenvalue weighted by Crippen LogP contribution is -2.06. The van der Waals surface area contributed by atoms with Gasteiger partial charge in [0.1, 0.15) is 0 Å². The van der Waals surface area contributed by atoms with Gasteiger partial charge >= 0.3 is 5.97 Å². The Kier molecular flexibility index (Phi) is 7.75. The second-order valence-electron chi connectivity index (χ2n) is 7.71. The molecule has 128 valence electrons. The average Bonchev–Trinajstić information content (AvgIpc) is 3.40. The third kappa shape index (κ3) is 6.71. The van der Waals surface area contributed by atoms with Gasteiger partial charge in [-0.05, 0) is 55.8 Å². The predicted molar refractivity (Wildman–Crippen MR) is 91.7 cm³/mol. The van der Waals surface area contributed by atoms with Crippen molar-refractivity contribution in [3.05, 3.63) is 0 Å². The first-order chi connectivity index (χ1) is 10.7. The molecule has 22 heavy (non-hydrogen) atoms. The smallest absolute Gasteiger partial charge is 0.305 e. The molecule has 0 aliphatic heterocycles. The van der Waals surface area contributed by atoms with Gasteiger partial charge in [-0.2, -0.15) is 0 Å². The summed E-state index contributed by atoms with van der Waals surface area (Å²) < 4.78 is 5.36.